The van der Waals surface area contributed by atoms with Crippen LogP contribution in [0.15, 0.2) is 9.72 Å². The highest BCUT2D eigenvalue weighted by Crippen LogP contribution is 2.61. The molecular weight excluding hydrogens is 296 g/mol. The van der Waals surface area contributed by atoms with Gasteiger partial charge in [0.25, 0.3) is 0 Å². The molecule has 1 aromatic heterocycles. The number of thiazole rings is 1. The molecule has 1 N–H and O–H groups in total. The van der Waals surface area contributed by atoms with Gasteiger partial charge in [-0.25, -0.2) is 4.98 Å². The van der Waals surface area contributed by atoms with E-state index < -0.39 is 0 Å². The van der Waals surface area contributed by atoms with Crippen molar-refractivity contribution in [2.45, 2.75) is 55.8 Å². The van der Waals surface area contributed by atoms with Crippen molar-refractivity contribution in [1.29, 1.82) is 0 Å². The molecule has 1 atom stereocenters. The monoisotopic (exact) mass is 322 g/mol. The van der Waals surface area contributed by atoms with Crippen molar-refractivity contribution in [2.24, 2.45) is 23.2 Å². The number of thioether (sulfide) groups is 1. The Labute approximate surface area is 136 Å². The molecular formula is C17H26N2S2. The number of aromatic nitrogens is 1. The van der Waals surface area contributed by atoms with E-state index in [-0.39, 0.29) is 0 Å². The normalized spacial score (nSPS) is 38.9. The van der Waals surface area contributed by atoms with Crippen LogP contribution in [0, 0.1) is 30.1 Å². The highest BCUT2D eigenvalue weighted by molar-refractivity contribution is 8.01. The number of hydrogen-bond acceptors (Lipinski definition) is 4. The maximum Gasteiger partial charge on any atom is 0.150 e. The third-order valence-corrected chi connectivity index (χ3v) is 8.38. The highest BCUT2D eigenvalue weighted by atomic mass is 32.2. The lowest BCUT2D eigenvalue weighted by Gasteiger charge is -2.59. The number of aryl methyl sites for hydroxylation is 1. The first-order valence-corrected chi connectivity index (χ1v) is 10.3. The van der Waals surface area contributed by atoms with E-state index in [1.165, 1.54) is 54.3 Å². The molecule has 4 saturated carbocycles. The summed E-state index contributed by atoms with van der Waals surface area (Å²) >= 11 is 3.77. The van der Waals surface area contributed by atoms with Gasteiger partial charge in [0, 0.05) is 22.9 Å². The minimum absolute atomic E-state index is 0.600. The number of nitrogens with zero attached hydrogens (tertiary/aromatic N) is 1. The zero-order valence-electron chi connectivity index (χ0n) is 13.1. The lowest BCUT2D eigenvalue weighted by atomic mass is 9.48. The maximum atomic E-state index is 4.62. The van der Waals surface area contributed by atoms with Gasteiger partial charge in [-0.3, -0.25) is 0 Å². The molecule has 0 aliphatic heterocycles. The van der Waals surface area contributed by atoms with Gasteiger partial charge < -0.3 is 5.32 Å². The van der Waals surface area contributed by atoms with E-state index in [2.05, 4.69) is 29.7 Å². The molecule has 0 spiro atoms. The minimum atomic E-state index is 0.600. The van der Waals surface area contributed by atoms with Gasteiger partial charge in [-0.15, -0.1) is 11.3 Å². The van der Waals surface area contributed by atoms with Crippen LogP contribution in [0.2, 0.25) is 0 Å². The van der Waals surface area contributed by atoms with Crippen molar-refractivity contribution in [3.05, 3.63) is 11.1 Å². The molecule has 0 amide bonds. The van der Waals surface area contributed by atoms with Gasteiger partial charge in [0.15, 0.2) is 0 Å². The number of hydrogen-bond donors (Lipinski definition) is 1. The third kappa shape index (κ3) is 2.68. The predicted molar refractivity (Wildman–Crippen MR) is 91.0 cm³/mol. The largest absolute Gasteiger partial charge is 0.316 e. The van der Waals surface area contributed by atoms with Crippen molar-refractivity contribution in [3.8, 4) is 0 Å². The van der Waals surface area contributed by atoms with Crippen LogP contribution >= 0.6 is 23.1 Å². The van der Waals surface area contributed by atoms with Crippen LogP contribution in [-0.4, -0.2) is 23.8 Å². The van der Waals surface area contributed by atoms with Crippen molar-refractivity contribution < 1.29 is 0 Å². The minimum Gasteiger partial charge on any atom is -0.316 e. The first-order valence-electron chi connectivity index (χ1n) is 8.39. The molecule has 116 valence electrons. The summed E-state index contributed by atoms with van der Waals surface area (Å²) in [6.45, 7) is 2.09. The van der Waals surface area contributed by atoms with Crippen molar-refractivity contribution in [3.63, 3.8) is 0 Å². The van der Waals surface area contributed by atoms with Gasteiger partial charge >= 0.3 is 0 Å². The topological polar surface area (TPSA) is 24.9 Å². The van der Waals surface area contributed by atoms with Crippen molar-refractivity contribution in [1.82, 2.24) is 10.3 Å². The van der Waals surface area contributed by atoms with Gasteiger partial charge in [-0.1, -0.05) is 11.8 Å². The molecule has 0 radical (unpaired) electrons. The van der Waals surface area contributed by atoms with Crippen LogP contribution in [0.25, 0.3) is 0 Å². The Kier molecular flexibility index (Phi) is 3.83. The van der Waals surface area contributed by atoms with E-state index in [9.17, 15) is 0 Å². The summed E-state index contributed by atoms with van der Waals surface area (Å²) in [6, 6.07) is 0.667. The predicted octanol–water partition coefficient (Wildman–Crippen LogP) is 4.35. The van der Waals surface area contributed by atoms with E-state index in [0.29, 0.717) is 11.5 Å². The summed E-state index contributed by atoms with van der Waals surface area (Å²) in [7, 11) is 2.18. The van der Waals surface area contributed by atoms with Crippen molar-refractivity contribution in [2.75, 3.05) is 12.8 Å². The fourth-order valence-corrected chi connectivity index (χ4v) is 7.90. The van der Waals surface area contributed by atoms with E-state index in [1.54, 1.807) is 11.3 Å². The van der Waals surface area contributed by atoms with E-state index in [0.717, 1.165) is 17.8 Å². The quantitative estimate of drug-likeness (QED) is 0.816. The first kappa shape index (κ1) is 14.5. The zero-order chi connectivity index (χ0) is 14.4. The third-order valence-electron chi connectivity index (χ3n) is 6.14. The molecule has 1 aromatic rings. The summed E-state index contributed by atoms with van der Waals surface area (Å²) in [6.07, 6.45) is 9.07. The SMILES string of the molecule is CNC(CSc1nc(C)cs1)C12CC3CC(CC(C3)C1)C2. The van der Waals surface area contributed by atoms with Gasteiger partial charge in [-0.2, -0.15) is 0 Å². The van der Waals surface area contributed by atoms with Crippen LogP contribution in [0.1, 0.15) is 44.2 Å². The van der Waals surface area contributed by atoms with Crippen LogP contribution in [-0.2, 0) is 0 Å². The average Bonchev–Trinajstić information content (AvgIpc) is 2.83. The summed E-state index contributed by atoms with van der Waals surface area (Å²) in [5.74, 6) is 4.31. The fourth-order valence-electron chi connectivity index (χ4n) is 5.72. The second-order valence-electron chi connectivity index (χ2n) is 7.69. The molecule has 4 heteroatoms. The smallest absolute Gasteiger partial charge is 0.150 e. The second-order valence-corrected chi connectivity index (χ2v) is 9.81. The number of nitrogens with one attached hydrogen (secondary N) is 1. The standard InChI is InChI=1S/C17H26N2S2/c1-11-9-20-16(19-11)21-10-15(18-2)17-6-12-3-13(7-17)5-14(4-12)8-17/h9,12-15,18H,3-8,10H2,1-2H3. The van der Waals surface area contributed by atoms with Crippen LogP contribution < -0.4 is 5.32 Å². The Bertz CT molecular complexity index is 475. The van der Waals surface area contributed by atoms with Gasteiger partial charge in [0.1, 0.15) is 4.34 Å². The summed E-state index contributed by atoms with van der Waals surface area (Å²) in [4.78, 5) is 4.62. The van der Waals surface area contributed by atoms with Crippen molar-refractivity contribution >= 4 is 23.1 Å². The summed E-state index contributed by atoms with van der Waals surface area (Å²) in [5, 5.41) is 5.86. The Morgan fingerprint density at radius 2 is 1.90 bits per heavy atom. The van der Waals surface area contributed by atoms with E-state index in [4.69, 9.17) is 0 Å². The molecule has 0 saturated heterocycles. The average molecular weight is 323 g/mol. The van der Waals surface area contributed by atoms with Gasteiger partial charge in [0.05, 0.1) is 0 Å². The van der Waals surface area contributed by atoms with Crippen LogP contribution in [0.5, 0.6) is 0 Å². The fraction of sp³-hybridized carbons (Fsp3) is 0.824. The van der Waals surface area contributed by atoms with E-state index in [1.807, 2.05) is 11.8 Å². The maximum absolute atomic E-state index is 4.62. The Morgan fingerprint density at radius 3 is 2.38 bits per heavy atom. The van der Waals surface area contributed by atoms with Gasteiger partial charge in [0.2, 0.25) is 0 Å². The summed E-state index contributed by atoms with van der Waals surface area (Å²) in [5.41, 5.74) is 1.77. The van der Waals surface area contributed by atoms with Crippen LogP contribution in [0.3, 0.4) is 0 Å². The summed E-state index contributed by atoms with van der Waals surface area (Å²) < 4.78 is 1.25. The molecule has 4 bridgehead atoms. The molecule has 21 heavy (non-hydrogen) atoms. The number of rotatable bonds is 5. The highest BCUT2D eigenvalue weighted by Gasteiger charge is 2.53. The van der Waals surface area contributed by atoms with E-state index >= 15 is 0 Å². The molecule has 4 fully saturated rings. The lowest BCUT2D eigenvalue weighted by molar-refractivity contribution is -0.0682. The lowest BCUT2D eigenvalue weighted by Crippen LogP contribution is -2.56. The molecule has 1 heterocycles. The zero-order valence-corrected chi connectivity index (χ0v) is 14.7. The second kappa shape index (κ2) is 5.54. The van der Waals surface area contributed by atoms with Gasteiger partial charge in [-0.05, 0) is 75.7 Å². The Balaban J connectivity index is 1.47. The Hall–Kier alpha value is -0.0600. The molecule has 4 aliphatic rings. The molecule has 2 nitrogen and oxygen atoms in total. The Morgan fingerprint density at radius 1 is 1.29 bits per heavy atom. The molecule has 4 aliphatic carbocycles. The van der Waals surface area contributed by atoms with Crippen LogP contribution in [0.4, 0.5) is 0 Å². The molecule has 5 rings (SSSR count). The molecule has 0 aromatic carbocycles. The molecule has 1 unspecified atom stereocenters. The first-order chi connectivity index (χ1) is 10.2.